The van der Waals surface area contributed by atoms with Crippen LogP contribution in [0.1, 0.15) is 17.7 Å². The Labute approximate surface area is 122 Å². The first-order valence-corrected chi connectivity index (χ1v) is 7.96. The maximum atomic E-state index is 12.9. The summed E-state index contributed by atoms with van der Waals surface area (Å²) in [5.74, 6) is -1.58. The Balaban J connectivity index is 3.68. The van der Waals surface area contributed by atoms with Crippen molar-refractivity contribution in [2.45, 2.75) is 23.0 Å². The van der Waals surface area contributed by atoms with E-state index in [1.165, 1.54) is 0 Å². The van der Waals surface area contributed by atoms with Crippen molar-refractivity contribution in [2.75, 3.05) is 0 Å². The number of ether oxygens (including phenoxy) is 1. The third kappa shape index (κ3) is 4.16. The lowest BCUT2D eigenvalue weighted by molar-refractivity contribution is -0.276. The summed E-state index contributed by atoms with van der Waals surface area (Å²) in [5.41, 5.74) is -1.79. The zero-order valence-corrected chi connectivity index (χ0v) is 12.2. The predicted molar refractivity (Wildman–Crippen MR) is 61.5 cm³/mol. The highest BCUT2D eigenvalue weighted by Gasteiger charge is 2.38. The van der Waals surface area contributed by atoms with Gasteiger partial charge in [0.1, 0.15) is 4.90 Å². The third-order valence-electron chi connectivity index (χ3n) is 1.94. The summed E-state index contributed by atoms with van der Waals surface area (Å²) in [4.78, 5) is 2.06. The number of hydrogen-bond acceptors (Lipinski definition) is 4. The number of alkyl halides is 6. The molecule has 1 aromatic rings. The van der Waals surface area contributed by atoms with Gasteiger partial charge in [-0.25, -0.2) is 17.2 Å². The molecule has 0 N–H and O–H groups in total. The summed E-state index contributed by atoms with van der Waals surface area (Å²) in [6.45, 7) is 0. The van der Waals surface area contributed by atoms with Crippen LogP contribution < -0.4 is 4.74 Å². The molecule has 0 unspecified atom stereocenters. The van der Waals surface area contributed by atoms with E-state index in [1.54, 1.807) is 0 Å². The molecule has 0 fully saturated rings. The normalized spacial score (nSPS) is 12.8. The molecule has 0 aliphatic carbocycles. The zero-order valence-electron chi connectivity index (χ0n) is 9.09. The molecule has 0 amide bonds. The molecule has 0 radical (unpaired) electrons. The van der Waals surface area contributed by atoms with Gasteiger partial charge in [-0.05, 0) is 0 Å². The van der Waals surface area contributed by atoms with Crippen LogP contribution in [0.2, 0.25) is 0 Å². The Hall–Kier alpha value is -0.680. The van der Waals surface area contributed by atoms with Crippen molar-refractivity contribution < 1.29 is 35.1 Å². The molecule has 0 saturated carbocycles. The van der Waals surface area contributed by atoms with Gasteiger partial charge in [0.2, 0.25) is 0 Å². The first-order valence-electron chi connectivity index (χ1n) is 4.53. The van der Waals surface area contributed by atoms with Crippen LogP contribution in [0.4, 0.5) is 22.0 Å². The van der Waals surface area contributed by atoms with Gasteiger partial charge in [0, 0.05) is 16.0 Å². The second-order valence-electron chi connectivity index (χ2n) is 3.23. The first kappa shape index (κ1) is 17.4. The predicted octanol–water partition coefficient (Wildman–Crippen LogP) is 3.74. The van der Waals surface area contributed by atoms with E-state index in [-0.39, 0.29) is 5.33 Å². The van der Waals surface area contributed by atoms with Crippen molar-refractivity contribution in [3.63, 3.8) is 0 Å². The molecule has 0 aromatic carbocycles. The van der Waals surface area contributed by atoms with Crippen molar-refractivity contribution in [3.05, 3.63) is 17.5 Å². The minimum Gasteiger partial charge on any atom is -0.404 e. The van der Waals surface area contributed by atoms with Gasteiger partial charge in [0.05, 0.1) is 17.5 Å². The molecule has 12 heteroatoms. The van der Waals surface area contributed by atoms with Gasteiger partial charge in [0.15, 0.2) is 5.75 Å². The second-order valence-corrected chi connectivity index (χ2v) is 6.33. The fraction of sp³-hybridized carbons (Fsp3) is 0.375. The molecule has 0 bridgehead atoms. The minimum atomic E-state index is -5.37. The summed E-state index contributed by atoms with van der Waals surface area (Å²) in [6, 6.07) is 0. The third-order valence-corrected chi connectivity index (χ3v) is 3.79. The van der Waals surface area contributed by atoms with E-state index in [0.29, 0.717) is 6.20 Å². The molecule has 1 rings (SSSR count). The SMILES string of the molecule is O=S(=O)(Cl)c1cnc(CBr)c(C(F)F)c1OC(F)(F)F. The molecule has 0 aliphatic rings. The molecule has 1 aromatic heterocycles. The fourth-order valence-corrected chi connectivity index (χ4v) is 2.58. The largest absolute Gasteiger partial charge is 0.573 e. The summed E-state index contributed by atoms with van der Waals surface area (Å²) >= 11 is 2.75. The first-order chi connectivity index (χ1) is 8.97. The van der Waals surface area contributed by atoms with Crippen LogP contribution in [0.25, 0.3) is 0 Å². The van der Waals surface area contributed by atoms with Crippen molar-refractivity contribution in [1.82, 2.24) is 4.98 Å². The molecule has 114 valence electrons. The lowest BCUT2D eigenvalue weighted by Gasteiger charge is -2.17. The number of nitrogens with zero attached hydrogens (tertiary/aromatic N) is 1. The molecular formula is C8H4BrClF5NO3S. The van der Waals surface area contributed by atoms with E-state index in [9.17, 15) is 30.4 Å². The molecule has 4 nitrogen and oxygen atoms in total. The lowest BCUT2D eigenvalue weighted by atomic mass is 10.2. The fourth-order valence-electron chi connectivity index (χ4n) is 1.25. The van der Waals surface area contributed by atoms with Crippen LogP contribution in [0.15, 0.2) is 11.1 Å². The van der Waals surface area contributed by atoms with Crippen LogP contribution in [0.5, 0.6) is 5.75 Å². The van der Waals surface area contributed by atoms with Crippen LogP contribution in [0.3, 0.4) is 0 Å². The second kappa shape index (κ2) is 5.98. The molecule has 20 heavy (non-hydrogen) atoms. The van der Waals surface area contributed by atoms with E-state index in [0.717, 1.165) is 0 Å². The van der Waals surface area contributed by atoms with Gasteiger partial charge in [0.25, 0.3) is 15.5 Å². The lowest BCUT2D eigenvalue weighted by Crippen LogP contribution is -2.20. The van der Waals surface area contributed by atoms with Gasteiger partial charge in [-0.15, -0.1) is 13.2 Å². The monoisotopic (exact) mass is 403 g/mol. The van der Waals surface area contributed by atoms with Crippen molar-refractivity contribution >= 4 is 35.7 Å². The highest BCUT2D eigenvalue weighted by Crippen LogP contribution is 2.40. The smallest absolute Gasteiger partial charge is 0.404 e. The Kier molecular flexibility index (Phi) is 5.19. The quantitative estimate of drug-likeness (QED) is 0.436. The van der Waals surface area contributed by atoms with E-state index in [4.69, 9.17) is 10.7 Å². The van der Waals surface area contributed by atoms with Crippen molar-refractivity contribution in [1.29, 1.82) is 0 Å². The van der Waals surface area contributed by atoms with E-state index < -0.39 is 43.7 Å². The van der Waals surface area contributed by atoms with Gasteiger partial charge >= 0.3 is 6.36 Å². The Morgan fingerprint density at radius 1 is 1.40 bits per heavy atom. The van der Waals surface area contributed by atoms with Gasteiger partial charge in [-0.3, -0.25) is 4.98 Å². The highest BCUT2D eigenvalue weighted by molar-refractivity contribution is 9.08. The standard InChI is InChI=1S/C8H4BrClF5NO3S/c9-1-3-5(7(11)12)6(19-8(13,14)15)4(2-16-3)20(10,17)18/h2,7H,1H2. The van der Waals surface area contributed by atoms with Gasteiger partial charge in [-0.2, -0.15) is 0 Å². The zero-order chi connectivity index (χ0) is 15.7. The summed E-state index contributed by atoms with van der Waals surface area (Å²) in [7, 11) is 0.142. The van der Waals surface area contributed by atoms with Crippen LogP contribution >= 0.6 is 26.6 Å². The molecule has 0 saturated heterocycles. The van der Waals surface area contributed by atoms with Crippen LogP contribution in [0, 0.1) is 0 Å². The average Bonchev–Trinajstić information content (AvgIpc) is 2.23. The number of aromatic nitrogens is 1. The highest BCUT2D eigenvalue weighted by atomic mass is 79.9. The van der Waals surface area contributed by atoms with Crippen LogP contribution in [-0.2, 0) is 14.4 Å². The van der Waals surface area contributed by atoms with Crippen molar-refractivity contribution in [2.24, 2.45) is 0 Å². The maximum absolute atomic E-state index is 12.9. The number of hydrogen-bond donors (Lipinski definition) is 0. The van der Waals surface area contributed by atoms with Gasteiger partial charge in [-0.1, -0.05) is 15.9 Å². The molecule has 0 atom stereocenters. The number of rotatable bonds is 4. The number of pyridine rings is 1. The van der Waals surface area contributed by atoms with E-state index in [2.05, 4.69) is 25.7 Å². The Morgan fingerprint density at radius 2 is 1.95 bits per heavy atom. The van der Waals surface area contributed by atoms with Gasteiger partial charge < -0.3 is 4.74 Å². The van der Waals surface area contributed by atoms with E-state index >= 15 is 0 Å². The molecule has 1 heterocycles. The molecular weight excluding hydrogens is 401 g/mol. The van der Waals surface area contributed by atoms with E-state index in [1.807, 2.05) is 0 Å². The summed E-state index contributed by atoms with van der Waals surface area (Å²) in [5, 5.41) is -0.330. The minimum absolute atomic E-state index is 0.330. The number of halogens is 7. The molecule has 0 aliphatic heterocycles. The van der Waals surface area contributed by atoms with Crippen molar-refractivity contribution in [3.8, 4) is 5.75 Å². The Bertz CT molecular complexity index is 607. The topological polar surface area (TPSA) is 56.3 Å². The Morgan fingerprint density at radius 3 is 2.30 bits per heavy atom. The van der Waals surface area contributed by atoms with Crippen LogP contribution in [-0.4, -0.2) is 19.8 Å². The maximum Gasteiger partial charge on any atom is 0.573 e. The summed E-state index contributed by atoms with van der Waals surface area (Å²) < 4.78 is 88.2. The summed E-state index contributed by atoms with van der Waals surface area (Å²) in [6.07, 6.45) is -8.39. The molecule has 0 spiro atoms. The average molecular weight is 405 g/mol.